The van der Waals surface area contributed by atoms with Crippen LogP contribution < -0.4 is 0 Å². The van der Waals surface area contributed by atoms with Gasteiger partial charge in [0.25, 0.3) is 0 Å². The Balaban J connectivity index is 1.11. The SMILES string of the molecule is C1=CC(C2C=CC(c3nc(-c4ccc(-c5ccccc5)cc4)nc(-n4c5ccccc5c5ccc6c7ccccc7n(-c7cccc(-c8ccccc8)c7)c6c54)n3)=CC2)=CCC1. The van der Waals surface area contributed by atoms with E-state index >= 15 is 0 Å². The van der Waals surface area contributed by atoms with Crippen LogP contribution in [-0.4, -0.2) is 24.1 Å². The lowest BCUT2D eigenvalue weighted by atomic mass is 9.87. The van der Waals surface area contributed by atoms with Gasteiger partial charge in [-0.15, -0.1) is 0 Å². The van der Waals surface area contributed by atoms with Crippen molar-refractivity contribution in [3.63, 3.8) is 0 Å². The zero-order valence-corrected chi connectivity index (χ0v) is 34.1. The number of nitrogens with zero attached hydrogens (tertiary/aromatic N) is 5. The molecule has 1 unspecified atom stereocenters. The molecule has 0 radical (unpaired) electrons. The molecule has 7 aromatic carbocycles. The molecule has 3 heterocycles. The van der Waals surface area contributed by atoms with Gasteiger partial charge in [-0.2, -0.15) is 9.97 Å². The van der Waals surface area contributed by atoms with E-state index in [1.165, 1.54) is 33.0 Å². The van der Waals surface area contributed by atoms with Crippen LogP contribution in [0, 0.1) is 5.92 Å². The second-order valence-corrected chi connectivity index (χ2v) is 16.2. The number of fused-ring (bicyclic) bond motifs is 7. The van der Waals surface area contributed by atoms with Gasteiger partial charge in [-0.05, 0) is 71.4 Å². The molecule has 0 aliphatic heterocycles. The maximum absolute atomic E-state index is 5.43. The monoisotopic (exact) mass is 795 g/mol. The maximum atomic E-state index is 5.43. The van der Waals surface area contributed by atoms with Gasteiger partial charge < -0.3 is 4.57 Å². The Kier molecular flexibility index (Phi) is 8.70. The third-order valence-corrected chi connectivity index (χ3v) is 12.6. The Labute approximate surface area is 360 Å². The quantitative estimate of drug-likeness (QED) is 0.161. The predicted octanol–water partition coefficient (Wildman–Crippen LogP) is 14.3. The van der Waals surface area contributed by atoms with Crippen molar-refractivity contribution < 1.29 is 0 Å². The van der Waals surface area contributed by atoms with E-state index in [0.29, 0.717) is 23.5 Å². The van der Waals surface area contributed by atoms with Crippen LogP contribution in [0.25, 0.3) is 94.5 Å². The number of hydrogen-bond acceptors (Lipinski definition) is 3. The number of benzene rings is 7. The summed E-state index contributed by atoms with van der Waals surface area (Å²) >= 11 is 0. The topological polar surface area (TPSA) is 48.5 Å². The minimum atomic E-state index is 0.342. The number of aromatic nitrogens is 5. The van der Waals surface area contributed by atoms with E-state index in [1.807, 2.05) is 0 Å². The highest BCUT2D eigenvalue weighted by atomic mass is 15.2. The van der Waals surface area contributed by atoms with E-state index in [1.54, 1.807) is 0 Å². The summed E-state index contributed by atoms with van der Waals surface area (Å²) in [6, 6.07) is 60.5. The van der Waals surface area contributed by atoms with E-state index in [2.05, 4.69) is 215 Å². The standard InChI is InChI=1S/C57H41N5/c1-4-15-38(16-5-1)41-27-31-43(32-28-41)55-58-56(44-33-29-42(30-34-44)39-17-6-2-7-18-39)60-57(59-55)62-52-26-13-11-24-48(52)50-36-35-49-47-23-10-12-25-51(47)61(53(49)54(50)62)46-22-14-21-45(37-46)40-19-8-3-9-20-40/h1,3-6,8-29,31-37,42H,2,7,30H2. The molecular weight excluding hydrogens is 755 g/mol. The van der Waals surface area contributed by atoms with Crippen LogP contribution in [0.4, 0.5) is 0 Å². The Bertz CT molecular complexity index is 3470. The molecule has 2 aliphatic carbocycles. The highest BCUT2D eigenvalue weighted by Crippen LogP contribution is 2.42. The minimum Gasteiger partial charge on any atom is -0.307 e. The normalized spacial score (nSPS) is 15.1. The van der Waals surface area contributed by atoms with Crippen molar-refractivity contribution in [2.45, 2.75) is 19.3 Å². The van der Waals surface area contributed by atoms with Crippen molar-refractivity contribution in [2.24, 2.45) is 5.92 Å². The second-order valence-electron chi connectivity index (χ2n) is 16.2. The summed E-state index contributed by atoms with van der Waals surface area (Å²) in [5.41, 5.74) is 13.4. The average molecular weight is 796 g/mol. The molecule has 5 nitrogen and oxygen atoms in total. The summed E-state index contributed by atoms with van der Waals surface area (Å²) in [6.07, 6.45) is 16.9. The summed E-state index contributed by atoms with van der Waals surface area (Å²) in [5, 5.41) is 4.64. The first-order chi connectivity index (χ1) is 30.7. The van der Waals surface area contributed by atoms with Gasteiger partial charge in [0.2, 0.25) is 5.95 Å². The van der Waals surface area contributed by atoms with Crippen LogP contribution in [0.5, 0.6) is 0 Å². The third-order valence-electron chi connectivity index (χ3n) is 12.6. The van der Waals surface area contributed by atoms with Gasteiger partial charge in [0.1, 0.15) is 0 Å². The number of allylic oxidation sites excluding steroid dienone is 8. The fourth-order valence-corrected chi connectivity index (χ4v) is 9.54. The van der Waals surface area contributed by atoms with Gasteiger partial charge >= 0.3 is 0 Å². The molecular formula is C57H41N5. The van der Waals surface area contributed by atoms with Crippen LogP contribution in [0.1, 0.15) is 25.1 Å². The molecule has 3 aromatic heterocycles. The molecule has 5 heteroatoms. The zero-order chi connectivity index (χ0) is 41.0. The minimum absolute atomic E-state index is 0.342. The second kappa shape index (κ2) is 15.0. The molecule has 0 saturated heterocycles. The van der Waals surface area contributed by atoms with E-state index in [0.717, 1.165) is 74.5 Å². The molecule has 12 rings (SSSR count). The van der Waals surface area contributed by atoms with Crippen molar-refractivity contribution in [2.75, 3.05) is 0 Å². The lowest BCUT2D eigenvalue weighted by molar-refractivity contribution is 0.771. The van der Waals surface area contributed by atoms with Crippen LogP contribution in [0.2, 0.25) is 0 Å². The zero-order valence-electron chi connectivity index (χ0n) is 34.1. The third kappa shape index (κ3) is 6.12. The first-order valence-corrected chi connectivity index (χ1v) is 21.5. The van der Waals surface area contributed by atoms with Gasteiger partial charge in [0.05, 0.1) is 22.1 Å². The Morgan fingerprint density at radius 2 is 1.03 bits per heavy atom. The Morgan fingerprint density at radius 3 is 1.71 bits per heavy atom. The lowest BCUT2D eigenvalue weighted by Gasteiger charge is -2.19. The maximum Gasteiger partial charge on any atom is 0.238 e. The summed E-state index contributed by atoms with van der Waals surface area (Å²) in [6.45, 7) is 0. The van der Waals surface area contributed by atoms with Gasteiger partial charge in [-0.3, -0.25) is 4.57 Å². The molecule has 62 heavy (non-hydrogen) atoms. The average Bonchev–Trinajstić information content (AvgIpc) is 3.88. The molecule has 0 N–H and O–H groups in total. The summed E-state index contributed by atoms with van der Waals surface area (Å²) in [4.78, 5) is 16.1. The predicted molar refractivity (Wildman–Crippen MR) is 256 cm³/mol. The molecule has 0 fully saturated rings. The van der Waals surface area contributed by atoms with Crippen molar-refractivity contribution in [3.05, 3.63) is 218 Å². The fraction of sp³-hybridized carbons (Fsp3) is 0.0702. The van der Waals surface area contributed by atoms with Crippen molar-refractivity contribution in [1.82, 2.24) is 24.1 Å². The van der Waals surface area contributed by atoms with Gasteiger partial charge in [0, 0.05) is 44.3 Å². The fourth-order valence-electron chi connectivity index (χ4n) is 9.54. The van der Waals surface area contributed by atoms with E-state index < -0.39 is 0 Å². The molecule has 294 valence electrons. The van der Waals surface area contributed by atoms with Crippen LogP contribution in [0.3, 0.4) is 0 Å². The van der Waals surface area contributed by atoms with Crippen LogP contribution in [-0.2, 0) is 0 Å². The molecule has 1 atom stereocenters. The van der Waals surface area contributed by atoms with Crippen molar-refractivity contribution in [3.8, 4) is 45.3 Å². The molecule has 0 bridgehead atoms. The first kappa shape index (κ1) is 36.0. The van der Waals surface area contributed by atoms with Crippen LogP contribution >= 0.6 is 0 Å². The molecule has 2 aliphatic rings. The van der Waals surface area contributed by atoms with Crippen molar-refractivity contribution in [1.29, 1.82) is 0 Å². The molecule has 0 saturated carbocycles. The Hall–Kier alpha value is -7.89. The largest absolute Gasteiger partial charge is 0.307 e. The van der Waals surface area contributed by atoms with E-state index in [9.17, 15) is 0 Å². The molecule has 10 aromatic rings. The highest BCUT2D eigenvalue weighted by molar-refractivity contribution is 6.23. The van der Waals surface area contributed by atoms with Crippen molar-refractivity contribution >= 4 is 49.2 Å². The van der Waals surface area contributed by atoms with Gasteiger partial charge in [0.15, 0.2) is 11.6 Å². The number of rotatable bonds is 7. The summed E-state index contributed by atoms with van der Waals surface area (Å²) < 4.78 is 4.71. The lowest BCUT2D eigenvalue weighted by Crippen LogP contribution is -2.10. The van der Waals surface area contributed by atoms with Crippen LogP contribution in [0.15, 0.2) is 212 Å². The van der Waals surface area contributed by atoms with Gasteiger partial charge in [-0.25, -0.2) is 4.98 Å². The Morgan fingerprint density at radius 1 is 0.435 bits per heavy atom. The number of para-hydroxylation sites is 2. The van der Waals surface area contributed by atoms with E-state index in [4.69, 9.17) is 15.0 Å². The first-order valence-electron chi connectivity index (χ1n) is 21.5. The van der Waals surface area contributed by atoms with E-state index in [-0.39, 0.29) is 0 Å². The summed E-state index contributed by atoms with van der Waals surface area (Å²) in [5.74, 6) is 2.22. The number of hydrogen-bond donors (Lipinski definition) is 0. The van der Waals surface area contributed by atoms with Gasteiger partial charge in [-0.1, -0.05) is 182 Å². The molecule has 0 spiro atoms. The highest BCUT2D eigenvalue weighted by Gasteiger charge is 2.24. The molecule has 0 amide bonds. The summed E-state index contributed by atoms with van der Waals surface area (Å²) in [7, 11) is 0. The smallest absolute Gasteiger partial charge is 0.238 e.